The van der Waals surface area contributed by atoms with Crippen LogP contribution in [0.1, 0.15) is 25.8 Å². The molecule has 0 radical (unpaired) electrons. The second-order valence-electron chi connectivity index (χ2n) is 7.74. The van der Waals surface area contributed by atoms with E-state index in [-0.39, 0.29) is 18.1 Å². The van der Waals surface area contributed by atoms with E-state index < -0.39 is 0 Å². The lowest BCUT2D eigenvalue weighted by Gasteiger charge is -2.43. The number of nitrogens with zero attached hydrogens (tertiary/aromatic N) is 2. The average molecular weight is 421 g/mol. The van der Waals surface area contributed by atoms with Gasteiger partial charge in [-0.1, -0.05) is 55.2 Å². The quantitative estimate of drug-likeness (QED) is 0.671. The molecule has 0 saturated carbocycles. The average Bonchev–Trinajstić information content (AvgIpc) is 2.71. The van der Waals surface area contributed by atoms with Gasteiger partial charge in [0.1, 0.15) is 0 Å². The zero-order valence-corrected chi connectivity index (χ0v) is 18.2. The molecular formula is C23H30Cl2N2O. The van der Waals surface area contributed by atoms with E-state index in [0.717, 1.165) is 49.1 Å². The Labute approximate surface area is 178 Å². The maximum atomic E-state index is 10.5. The van der Waals surface area contributed by atoms with E-state index in [0.29, 0.717) is 0 Å². The first-order valence-corrected chi connectivity index (χ1v) is 10.9. The van der Waals surface area contributed by atoms with E-state index in [1.807, 2.05) is 36.4 Å². The second-order valence-corrected chi connectivity index (χ2v) is 8.61. The predicted molar refractivity (Wildman–Crippen MR) is 120 cm³/mol. The smallest absolute Gasteiger partial charge is 0.0578 e. The Morgan fingerprint density at radius 1 is 0.964 bits per heavy atom. The summed E-state index contributed by atoms with van der Waals surface area (Å²) in [6.45, 7) is 8.08. The maximum Gasteiger partial charge on any atom is 0.0578 e. The largest absolute Gasteiger partial charge is 0.393 e. The highest BCUT2D eigenvalue weighted by atomic mass is 35.5. The lowest BCUT2D eigenvalue weighted by molar-refractivity contribution is 0.0402. The summed E-state index contributed by atoms with van der Waals surface area (Å²) in [6.07, 6.45) is 1.38. The van der Waals surface area contributed by atoms with Crippen LogP contribution >= 0.6 is 23.2 Å². The van der Waals surface area contributed by atoms with Crippen LogP contribution in [-0.2, 0) is 6.42 Å². The van der Waals surface area contributed by atoms with Gasteiger partial charge in [-0.25, -0.2) is 0 Å². The number of anilines is 1. The third kappa shape index (κ3) is 5.42. The molecule has 1 saturated heterocycles. The van der Waals surface area contributed by atoms with Crippen LogP contribution in [0.3, 0.4) is 0 Å². The van der Waals surface area contributed by atoms with Crippen molar-refractivity contribution in [1.82, 2.24) is 4.90 Å². The maximum absolute atomic E-state index is 10.5. The highest BCUT2D eigenvalue weighted by molar-refractivity contribution is 6.31. The zero-order chi connectivity index (χ0) is 20.1. The van der Waals surface area contributed by atoms with Crippen molar-refractivity contribution >= 4 is 28.9 Å². The molecule has 2 aromatic rings. The fraction of sp³-hybridized carbons (Fsp3) is 0.478. The van der Waals surface area contributed by atoms with Crippen molar-refractivity contribution in [3.63, 3.8) is 0 Å². The first-order valence-electron chi connectivity index (χ1n) is 10.1. The van der Waals surface area contributed by atoms with Crippen LogP contribution in [-0.4, -0.2) is 48.3 Å². The predicted octanol–water partition coefficient (Wildman–Crippen LogP) is 5.13. The first kappa shape index (κ1) is 21.4. The molecule has 1 aliphatic rings. The molecule has 0 bridgehead atoms. The fourth-order valence-electron chi connectivity index (χ4n) is 4.17. The van der Waals surface area contributed by atoms with Crippen LogP contribution in [0.2, 0.25) is 10.0 Å². The van der Waals surface area contributed by atoms with Crippen LogP contribution in [0.5, 0.6) is 0 Å². The molecule has 3 unspecified atom stereocenters. The molecule has 1 N–H and O–H groups in total. The molecule has 3 nitrogen and oxygen atoms in total. The van der Waals surface area contributed by atoms with Crippen molar-refractivity contribution in [3.05, 3.63) is 64.1 Å². The van der Waals surface area contributed by atoms with Gasteiger partial charge in [0.25, 0.3) is 0 Å². The first-order chi connectivity index (χ1) is 13.5. The molecule has 152 valence electrons. The number of aliphatic hydroxyl groups is 1. The highest BCUT2D eigenvalue weighted by Gasteiger charge is 2.31. The summed E-state index contributed by atoms with van der Waals surface area (Å²) in [6, 6.07) is 16.4. The van der Waals surface area contributed by atoms with Gasteiger partial charge in [0.05, 0.1) is 6.10 Å². The van der Waals surface area contributed by atoms with E-state index in [4.69, 9.17) is 23.2 Å². The SMILES string of the molecule is CCC(O)C(C)C(Cc1cccc(Cl)c1)N1CCN(c2cccc(Cl)c2)CC1. The Bertz CT molecular complexity index is 762. The van der Waals surface area contributed by atoms with Crippen molar-refractivity contribution in [2.75, 3.05) is 31.1 Å². The van der Waals surface area contributed by atoms with E-state index in [9.17, 15) is 5.11 Å². The van der Waals surface area contributed by atoms with Gasteiger partial charge in [0.15, 0.2) is 0 Å². The number of aliphatic hydroxyl groups excluding tert-OH is 1. The van der Waals surface area contributed by atoms with Gasteiger partial charge in [-0.05, 0) is 54.7 Å². The molecule has 1 aliphatic heterocycles. The lowest BCUT2D eigenvalue weighted by atomic mass is 9.88. The number of benzene rings is 2. The summed E-state index contributed by atoms with van der Waals surface area (Å²) < 4.78 is 0. The fourth-order valence-corrected chi connectivity index (χ4v) is 4.56. The van der Waals surface area contributed by atoms with Crippen molar-refractivity contribution < 1.29 is 5.11 Å². The van der Waals surface area contributed by atoms with Gasteiger partial charge in [0, 0.05) is 48.0 Å². The normalized spacial score (nSPS) is 18.7. The molecule has 1 heterocycles. The number of hydrogen-bond acceptors (Lipinski definition) is 3. The molecular weight excluding hydrogens is 391 g/mol. The van der Waals surface area contributed by atoms with E-state index in [1.165, 1.54) is 11.3 Å². The summed E-state index contributed by atoms with van der Waals surface area (Å²) in [7, 11) is 0. The summed E-state index contributed by atoms with van der Waals surface area (Å²) in [5.41, 5.74) is 2.41. The van der Waals surface area contributed by atoms with Crippen LogP contribution in [0.4, 0.5) is 5.69 Å². The van der Waals surface area contributed by atoms with E-state index in [2.05, 4.69) is 35.8 Å². The van der Waals surface area contributed by atoms with Crippen molar-refractivity contribution in [3.8, 4) is 0 Å². The Morgan fingerprint density at radius 3 is 2.21 bits per heavy atom. The molecule has 0 amide bonds. The molecule has 0 aromatic heterocycles. The molecule has 1 fully saturated rings. The van der Waals surface area contributed by atoms with Gasteiger partial charge in [-0.2, -0.15) is 0 Å². The Hall–Kier alpha value is -1.26. The highest BCUT2D eigenvalue weighted by Crippen LogP contribution is 2.26. The molecule has 3 atom stereocenters. The van der Waals surface area contributed by atoms with Gasteiger partial charge >= 0.3 is 0 Å². The topological polar surface area (TPSA) is 26.7 Å². The third-order valence-electron chi connectivity index (χ3n) is 5.92. The van der Waals surface area contributed by atoms with Crippen LogP contribution in [0.25, 0.3) is 0 Å². The monoisotopic (exact) mass is 420 g/mol. The Kier molecular flexibility index (Phi) is 7.64. The van der Waals surface area contributed by atoms with Crippen LogP contribution in [0.15, 0.2) is 48.5 Å². The van der Waals surface area contributed by atoms with Gasteiger partial charge in [-0.3, -0.25) is 4.90 Å². The number of hydrogen-bond donors (Lipinski definition) is 1. The summed E-state index contributed by atoms with van der Waals surface area (Å²) in [5.74, 6) is 0.196. The lowest BCUT2D eigenvalue weighted by Crippen LogP contribution is -2.54. The Morgan fingerprint density at radius 2 is 1.61 bits per heavy atom. The number of piperazine rings is 1. The standard InChI is InChI=1S/C23H30Cl2N2O/c1-3-23(28)17(2)22(15-18-6-4-7-19(24)14-18)27-12-10-26(11-13-27)21-9-5-8-20(25)16-21/h4-9,14,16-17,22-23,28H,3,10-13,15H2,1-2H3. The number of halogens is 2. The van der Waals surface area contributed by atoms with Crippen molar-refractivity contribution in [2.24, 2.45) is 5.92 Å². The second kappa shape index (κ2) is 9.98. The van der Waals surface area contributed by atoms with Gasteiger partial charge in [0.2, 0.25) is 0 Å². The third-order valence-corrected chi connectivity index (χ3v) is 6.39. The van der Waals surface area contributed by atoms with Crippen molar-refractivity contribution in [1.29, 1.82) is 0 Å². The van der Waals surface area contributed by atoms with Gasteiger partial charge in [-0.15, -0.1) is 0 Å². The van der Waals surface area contributed by atoms with Crippen LogP contribution < -0.4 is 4.90 Å². The van der Waals surface area contributed by atoms with Gasteiger partial charge < -0.3 is 10.0 Å². The molecule has 0 spiro atoms. The van der Waals surface area contributed by atoms with E-state index in [1.54, 1.807) is 0 Å². The number of rotatable bonds is 7. The zero-order valence-electron chi connectivity index (χ0n) is 16.7. The van der Waals surface area contributed by atoms with Crippen molar-refractivity contribution in [2.45, 2.75) is 38.8 Å². The molecule has 5 heteroatoms. The minimum atomic E-state index is -0.296. The molecule has 0 aliphatic carbocycles. The summed E-state index contributed by atoms with van der Waals surface area (Å²) in [4.78, 5) is 4.92. The molecule has 3 rings (SSSR count). The molecule has 2 aromatic carbocycles. The summed E-state index contributed by atoms with van der Waals surface area (Å²) in [5, 5.41) is 12.1. The Balaban J connectivity index is 1.72. The minimum absolute atomic E-state index is 0.196. The minimum Gasteiger partial charge on any atom is -0.393 e. The summed E-state index contributed by atoms with van der Waals surface area (Å²) >= 11 is 12.4. The van der Waals surface area contributed by atoms with Crippen LogP contribution in [0, 0.1) is 5.92 Å². The van der Waals surface area contributed by atoms with E-state index >= 15 is 0 Å². The molecule has 28 heavy (non-hydrogen) atoms.